The molecule has 8 heteroatoms. The van der Waals surface area contributed by atoms with Gasteiger partial charge in [0.05, 0.1) is 18.1 Å². The lowest BCUT2D eigenvalue weighted by Gasteiger charge is -2.21. The van der Waals surface area contributed by atoms with Crippen molar-refractivity contribution in [3.63, 3.8) is 0 Å². The third kappa shape index (κ3) is 3.75. The molecule has 0 saturated heterocycles. The monoisotopic (exact) mass is 359 g/mol. The Balaban J connectivity index is 1.89. The smallest absolute Gasteiger partial charge is 0.270 e. The van der Waals surface area contributed by atoms with Crippen LogP contribution in [-0.2, 0) is 18.0 Å². The van der Waals surface area contributed by atoms with Gasteiger partial charge in [0, 0.05) is 28.8 Å². The lowest BCUT2D eigenvalue weighted by Crippen LogP contribution is -2.14. The van der Waals surface area contributed by atoms with Gasteiger partial charge in [0.25, 0.3) is 5.69 Å². The Bertz CT molecular complexity index is 835. The van der Waals surface area contributed by atoms with Gasteiger partial charge in [0.2, 0.25) is 0 Å². The molecule has 0 bridgehead atoms. The van der Waals surface area contributed by atoms with E-state index in [0.717, 1.165) is 6.29 Å². The second kappa shape index (κ2) is 7.83. The van der Waals surface area contributed by atoms with Crippen LogP contribution < -0.4 is 14.2 Å². The van der Waals surface area contributed by atoms with E-state index in [1.807, 2.05) is 6.92 Å². The minimum atomic E-state index is -0.469. The van der Waals surface area contributed by atoms with Crippen molar-refractivity contribution in [2.45, 2.75) is 20.1 Å². The lowest BCUT2D eigenvalue weighted by molar-refractivity contribution is -0.385. The van der Waals surface area contributed by atoms with Crippen molar-refractivity contribution in [3.8, 4) is 17.2 Å². The Kier molecular flexibility index (Phi) is 5.33. The van der Waals surface area contributed by atoms with Crippen molar-refractivity contribution < 1.29 is 28.7 Å². The molecule has 26 heavy (non-hydrogen) atoms. The van der Waals surface area contributed by atoms with Crippen LogP contribution in [0.2, 0.25) is 0 Å². The molecule has 136 valence electrons. The van der Waals surface area contributed by atoms with E-state index >= 15 is 0 Å². The maximum Gasteiger partial charge on any atom is 0.270 e. The quantitative estimate of drug-likeness (QED) is 0.425. The highest BCUT2D eigenvalue weighted by atomic mass is 16.7. The molecule has 0 N–H and O–H groups in total. The number of rotatable bonds is 7. The number of nitro benzene ring substituents is 1. The zero-order valence-corrected chi connectivity index (χ0v) is 14.1. The molecule has 0 fully saturated rings. The Morgan fingerprint density at radius 2 is 2.08 bits per heavy atom. The van der Waals surface area contributed by atoms with Gasteiger partial charge in [-0.05, 0) is 25.1 Å². The van der Waals surface area contributed by atoms with Gasteiger partial charge in [-0.15, -0.1) is 0 Å². The van der Waals surface area contributed by atoms with E-state index in [0.29, 0.717) is 40.5 Å². The third-order valence-electron chi connectivity index (χ3n) is 3.77. The molecule has 8 nitrogen and oxygen atoms in total. The normalized spacial score (nSPS) is 12.7. The number of ether oxygens (including phenoxy) is 4. The number of benzene rings is 2. The largest absolute Gasteiger partial charge is 0.490 e. The van der Waals surface area contributed by atoms with E-state index in [4.69, 9.17) is 18.9 Å². The van der Waals surface area contributed by atoms with Crippen molar-refractivity contribution in [2.75, 3.05) is 13.4 Å². The van der Waals surface area contributed by atoms with E-state index in [1.165, 1.54) is 12.1 Å². The Labute approximate surface area is 149 Å². The average Bonchev–Trinajstić information content (AvgIpc) is 2.66. The van der Waals surface area contributed by atoms with Crippen molar-refractivity contribution in [3.05, 3.63) is 57.1 Å². The summed E-state index contributed by atoms with van der Waals surface area (Å²) in [4.78, 5) is 21.6. The number of non-ortho nitro benzene ring substituents is 1. The SMILES string of the molecule is CCOc1cc(C=O)ccc1OCc1cc([N+](=O)[O-])cc2c1OCOC2. The molecule has 1 aliphatic heterocycles. The summed E-state index contributed by atoms with van der Waals surface area (Å²) >= 11 is 0. The molecule has 0 spiro atoms. The second-order valence-electron chi connectivity index (χ2n) is 5.51. The van der Waals surface area contributed by atoms with Crippen molar-refractivity contribution in [1.82, 2.24) is 0 Å². The molecule has 1 heterocycles. The highest BCUT2D eigenvalue weighted by molar-refractivity contribution is 5.76. The first-order chi connectivity index (χ1) is 12.6. The number of nitro groups is 1. The van der Waals surface area contributed by atoms with E-state index in [9.17, 15) is 14.9 Å². The van der Waals surface area contributed by atoms with Gasteiger partial charge in [0.15, 0.2) is 18.3 Å². The van der Waals surface area contributed by atoms with Crippen LogP contribution in [0.1, 0.15) is 28.4 Å². The molecule has 0 atom stereocenters. The van der Waals surface area contributed by atoms with Crippen molar-refractivity contribution in [2.24, 2.45) is 0 Å². The fourth-order valence-electron chi connectivity index (χ4n) is 2.63. The first kappa shape index (κ1) is 17.7. The summed E-state index contributed by atoms with van der Waals surface area (Å²) in [6, 6.07) is 7.67. The summed E-state index contributed by atoms with van der Waals surface area (Å²) in [5.41, 5.74) is 1.55. The number of hydrogen-bond donors (Lipinski definition) is 0. The zero-order chi connectivity index (χ0) is 18.5. The van der Waals surface area contributed by atoms with Crippen LogP contribution in [0.15, 0.2) is 30.3 Å². The van der Waals surface area contributed by atoms with Gasteiger partial charge >= 0.3 is 0 Å². The topological polar surface area (TPSA) is 97.1 Å². The molecular formula is C18H17NO7. The second-order valence-corrected chi connectivity index (χ2v) is 5.51. The van der Waals surface area contributed by atoms with Gasteiger partial charge in [-0.1, -0.05) is 0 Å². The molecule has 0 amide bonds. The number of carbonyl (C=O) groups is 1. The van der Waals surface area contributed by atoms with E-state index < -0.39 is 4.92 Å². The number of hydrogen-bond acceptors (Lipinski definition) is 7. The van der Waals surface area contributed by atoms with Gasteiger partial charge < -0.3 is 18.9 Å². The van der Waals surface area contributed by atoms with Gasteiger partial charge in [-0.2, -0.15) is 0 Å². The van der Waals surface area contributed by atoms with E-state index in [-0.39, 0.29) is 25.7 Å². The summed E-state index contributed by atoms with van der Waals surface area (Å²) in [7, 11) is 0. The minimum Gasteiger partial charge on any atom is -0.490 e. The summed E-state index contributed by atoms with van der Waals surface area (Å²) in [6.45, 7) is 2.59. The first-order valence-corrected chi connectivity index (χ1v) is 7.98. The highest BCUT2D eigenvalue weighted by Crippen LogP contribution is 2.35. The highest BCUT2D eigenvalue weighted by Gasteiger charge is 2.21. The molecule has 2 aromatic rings. The minimum absolute atomic E-state index is 0.0462. The molecule has 0 aliphatic carbocycles. The predicted octanol–water partition coefficient (Wildman–Crippen LogP) is 3.25. The van der Waals surface area contributed by atoms with Gasteiger partial charge in [-0.3, -0.25) is 14.9 Å². The van der Waals surface area contributed by atoms with Crippen molar-refractivity contribution in [1.29, 1.82) is 0 Å². The zero-order valence-electron chi connectivity index (χ0n) is 14.1. The van der Waals surface area contributed by atoms with Crippen LogP contribution in [0.5, 0.6) is 17.2 Å². The number of fused-ring (bicyclic) bond motifs is 1. The number of nitrogens with zero attached hydrogens (tertiary/aromatic N) is 1. The van der Waals surface area contributed by atoms with Crippen LogP contribution in [0.4, 0.5) is 5.69 Å². The summed E-state index contributed by atoms with van der Waals surface area (Å²) in [5, 5.41) is 11.2. The maximum absolute atomic E-state index is 11.2. The Morgan fingerprint density at radius 1 is 1.23 bits per heavy atom. The maximum atomic E-state index is 11.2. The molecular weight excluding hydrogens is 342 g/mol. The van der Waals surface area contributed by atoms with Crippen molar-refractivity contribution >= 4 is 12.0 Å². The number of aldehydes is 1. The van der Waals surface area contributed by atoms with Crippen LogP contribution in [-0.4, -0.2) is 24.6 Å². The average molecular weight is 359 g/mol. The van der Waals surface area contributed by atoms with Gasteiger partial charge in [0.1, 0.15) is 18.6 Å². The molecule has 0 radical (unpaired) electrons. The standard InChI is InChI=1S/C18H17NO7/c1-2-24-17-5-12(8-20)3-4-16(17)25-10-14-7-15(19(21)22)6-13-9-23-11-26-18(13)14/h3-8H,2,9-11H2,1H3. The summed E-state index contributed by atoms with van der Waals surface area (Å²) < 4.78 is 22.0. The van der Waals surface area contributed by atoms with E-state index in [2.05, 4.69) is 0 Å². The summed E-state index contributed by atoms with van der Waals surface area (Å²) in [6.07, 6.45) is 0.719. The lowest BCUT2D eigenvalue weighted by atomic mass is 10.1. The fraction of sp³-hybridized carbons (Fsp3) is 0.278. The van der Waals surface area contributed by atoms with Crippen LogP contribution >= 0.6 is 0 Å². The predicted molar refractivity (Wildman–Crippen MR) is 90.7 cm³/mol. The number of carbonyl (C=O) groups excluding carboxylic acids is 1. The molecule has 0 saturated carbocycles. The Hall–Kier alpha value is -3.13. The summed E-state index contributed by atoms with van der Waals surface area (Å²) in [5.74, 6) is 1.40. The van der Waals surface area contributed by atoms with Crippen LogP contribution in [0, 0.1) is 10.1 Å². The molecule has 3 rings (SSSR count). The molecule has 0 unspecified atom stereocenters. The van der Waals surface area contributed by atoms with E-state index in [1.54, 1.807) is 18.2 Å². The van der Waals surface area contributed by atoms with Crippen LogP contribution in [0.3, 0.4) is 0 Å². The molecule has 2 aromatic carbocycles. The van der Waals surface area contributed by atoms with Gasteiger partial charge in [-0.25, -0.2) is 0 Å². The molecule has 0 aromatic heterocycles. The van der Waals surface area contributed by atoms with Crippen LogP contribution in [0.25, 0.3) is 0 Å². The molecule has 1 aliphatic rings. The third-order valence-corrected chi connectivity index (χ3v) is 3.77. The Morgan fingerprint density at radius 3 is 2.81 bits per heavy atom. The fourth-order valence-corrected chi connectivity index (χ4v) is 2.63. The first-order valence-electron chi connectivity index (χ1n) is 7.98.